The average Bonchev–Trinajstić information content (AvgIpc) is 2.71. The molecule has 4 N–H and O–H groups in total. The number of imidazole rings is 1. The number of nitrogens with one attached hydrogen (secondary N) is 2. The zero-order valence-electron chi connectivity index (χ0n) is 7.27. The molecule has 0 radical (unpaired) electrons. The summed E-state index contributed by atoms with van der Waals surface area (Å²) in [4.78, 5) is 12.1. The van der Waals surface area contributed by atoms with Gasteiger partial charge in [-0.3, -0.25) is 0 Å². The molecule has 0 fully saturated rings. The van der Waals surface area contributed by atoms with Crippen LogP contribution in [0.25, 0.3) is 0 Å². The van der Waals surface area contributed by atoms with E-state index in [9.17, 15) is 0 Å². The molecule has 0 amide bonds. The number of nitrogens with two attached hydrogens (primary N) is 1. The number of aromatic nitrogens is 3. The molecule has 0 aliphatic carbocycles. The van der Waals surface area contributed by atoms with Crippen molar-refractivity contribution in [2.24, 2.45) is 5.84 Å². The Morgan fingerprint density at radius 1 is 1.36 bits per heavy atom. The van der Waals surface area contributed by atoms with Gasteiger partial charge in [0.15, 0.2) is 5.16 Å². The molecule has 0 aromatic carbocycles. The number of nitrogens with zero attached hydrogens (tertiary/aromatic N) is 2. The van der Waals surface area contributed by atoms with E-state index in [2.05, 4.69) is 20.4 Å². The normalized spacial score (nSPS) is 10.1. The number of hydrogen-bond acceptors (Lipinski definition) is 5. The van der Waals surface area contributed by atoms with E-state index < -0.39 is 0 Å². The first-order chi connectivity index (χ1) is 6.88. The summed E-state index contributed by atoms with van der Waals surface area (Å²) in [6.07, 6.45) is 5.19. The number of anilines is 1. The zero-order chi connectivity index (χ0) is 9.80. The minimum absolute atomic E-state index is 0.640. The molecule has 0 saturated carbocycles. The number of aromatic amines is 1. The third-order valence-corrected chi connectivity index (χ3v) is 2.47. The second kappa shape index (κ2) is 4.12. The Morgan fingerprint density at radius 2 is 2.29 bits per heavy atom. The molecule has 0 aliphatic heterocycles. The van der Waals surface area contributed by atoms with Gasteiger partial charge in [0.1, 0.15) is 5.82 Å². The Bertz CT molecular complexity index is 400. The van der Waals surface area contributed by atoms with Gasteiger partial charge < -0.3 is 10.4 Å². The van der Waals surface area contributed by atoms with Crippen molar-refractivity contribution >= 4 is 17.6 Å². The second-order valence-electron chi connectivity index (χ2n) is 2.52. The minimum Gasteiger partial charge on any atom is -0.339 e. The van der Waals surface area contributed by atoms with Gasteiger partial charge in [-0.15, -0.1) is 0 Å². The van der Waals surface area contributed by atoms with Gasteiger partial charge in [-0.25, -0.2) is 15.8 Å². The highest BCUT2D eigenvalue weighted by Gasteiger charge is 2.00. The molecule has 72 valence electrons. The quantitative estimate of drug-likeness (QED) is 0.521. The van der Waals surface area contributed by atoms with E-state index in [1.807, 2.05) is 12.1 Å². The van der Waals surface area contributed by atoms with Gasteiger partial charge >= 0.3 is 0 Å². The van der Waals surface area contributed by atoms with Gasteiger partial charge in [-0.1, -0.05) is 11.8 Å². The van der Waals surface area contributed by atoms with Crippen molar-refractivity contribution in [1.29, 1.82) is 0 Å². The first-order valence-electron chi connectivity index (χ1n) is 3.98. The van der Waals surface area contributed by atoms with Crippen molar-refractivity contribution in [2.75, 3.05) is 5.43 Å². The predicted octanol–water partition coefficient (Wildman–Crippen LogP) is 1.24. The molecule has 2 aromatic rings. The fraction of sp³-hybridized carbons (Fsp3) is 0. The van der Waals surface area contributed by atoms with Crippen molar-refractivity contribution in [3.05, 3.63) is 30.7 Å². The Morgan fingerprint density at radius 3 is 3.00 bits per heavy atom. The lowest BCUT2D eigenvalue weighted by Crippen LogP contribution is -2.07. The molecule has 0 saturated heterocycles. The van der Waals surface area contributed by atoms with Gasteiger partial charge in [0.25, 0.3) is 0 Å². The zero-order valence-corrected chi connectivity index (χ0v) is 8.08. The van der Waals surface area contributed by atoms with E-state index >= 15 is 0 Å². The number of hydrogen-bond donors (Lipinski definition) is 3. The van der Waals surface area contributed by atoms with E-state index in [4.69, 9.17) is 5.84 Å². The van der Waals surface area contributed by atoms with Crippen LogP contribution in [0.5, 0.6) is 0 Å². The molecule has 0 unspecified atom stereocenters. The SMILES string of the molecule is NNc1cc(Sc2ncc[nH]2)ccn1. The largest absolute Gasteiger partial charge is 0.339 e. The molecule has 5 nitrogen and oxygen atoms in total. The smallest absolute Gasteiger partial charge is 0.170 e. The Hall–Kier alpha value is -1.53. The lowest BCUT2D eigenvalue weighted by Gasteiger charge is -2.00. The van der Waals surface area contributed by atoms with E-state index in [0.717, 1.165) is 10.1 Å². The summed E-state index contributed by atoms with van der Waals surface area (Å²) >= 11 is 1.52. The van der Waals surface area contributed by atoms with Crippen molar-refractivity contribution in [3.8, 4) is 0 Å². The second-order valence-corrected chi connectivity index (χ2v) is 3.58. The van der Waals surface area contributed by atoms with E-state index in [1.165, 1.54) is 11.8 Å². The maximum Gasteiger partial charge on any atom is 0.170 e. The third kappa shape index (κ3) is 2.04. The van der Waals surface area contributed by atoms with Gasteiger partial charge in [-0.2, -0.15) is 0 Å². The molecule has 14 heavy (non-hydrogen) atoms. The van der Waals surface area contributed by atoms with Crippen LogP contribution < -0.4 is 11.3 Å². The summed E-state index contributed by atoms with van der Waals surface area (Å²) in [7, 11) is 0. The maximum absolute atomic E-state index is 5.25. The van der Waals surface area contributed by atoms with Crippen LogP contribution in [0.4, 0.5) is 5.82 Å². The van der Waals surface area contributed by atoms with Gasteiger partial charge in [0.2, 0.25) is 0 Å². The van der Waals surface area contributed by atoms with Crippen LogP contribution in [0.15, 0.2) is 40.8 Å². The fourth-order valence-electron chi connectivity index (χ4n) is 0.972. The molecule has 2 aromatic heterocycles. The molecule has 0 atom stereocenters. The molecule has 6 heteroatoms. The predicted molar refractivity (Wildman–Crippen MR) is 54.8 cm³/mol. The van der Waals surface area contributed by atoms with E-state index in [1.54, 1.807) is 18.6 Å². The third-order valence-electron chi connectivity index (χ3n) is 1.57. The summed E-state index contributed by atoms with van der Waals surface area (Å²) in [6, 6.07) is 3.75. The van der Waals surface area contributed by atoms with Crippen molar-refractivity contribution in [3.63, 3.8) is 0 Å². The standard InChI is InChI=1S/C8H9N5S/c9-13-7-5-6(1-2-10-7)14-8-11-3-4-12-8/h1-5H,9H2,(H,10,13)(H,11,12). The van der Waals surface area contributed by atoms with Crippen LogP contribution in [-0.4, -0.2) is 15.0 Å². The maximum atomic E-state index is 5.25. The molecule has 0 spiro atoms. The van der Waals surface area contributed by atoms with Crippen LogP contribution in [0.3, 0.4) is 0 Å². The van der Waals surface area contributed by atoms with E-state index in [0.29, 0.717) is 5.82 Å². The van der Waals surface area contributed by atoms with Crippen LogP contribution in [0.1, 0.15) is 0 Å². The Labute approximate surface area is 85.1 Å². The first-order valence-corrected chi connectivity index (χ1v) is 4.80. The Balaban J connectivity index is 2.17. The number of nitrogen functional groups attached to an aromatic ring is 1. The van der Waals surface area contributed by atoms with Gasteiger partial charge in [-0.05, 0) is 12.1 Å². The number of hydrazine groups is 1. The topological polar surface area (TPSA) is 79.6 Å². The highest BCUT2D eigenvalue weighted by molar-refractivity contribution is 7.99. The minimum atomic E-state index is 0.640. The van der Waals surface area contributed by atoms with Gasteiger partial charge in [0.05, 0.1) is 0 Å². The van der Waals surface area contributed by atoms with Crippen molar-refractivity contribution in [1.82, 2.24) is 15.0 Å². The Kier molecular flexibility index (Phi) is 2.66. The highest BCUT2D eigenvalue weighted by Crippen LogP contribution is 2.24. The number of pyridine rings is 1. The van der Waals surface area contributed by atoms with Crippen molar-refractivity contribution in [2.45, 2.75) is 10.1 Å². The molecule has 2 heterocycles. The fourth-order valence-corrected chi connectivity index (χ4v) is 1.74. The first kappa shape index (κ1) is 9.04. The molecule has 0 bridgehead atoms. The highest BCUT2D eigenvalue weighted by atomic mass is 32.2. The monoisotopic (exact) mass is 207 g/mol. The summed E-state index contributed by atoms with van der Waals surface area (Å²) < 4.78 is 0. The number of rotatable bonds is 3. The molecular formula is C8H9N5S. The number of H-pyrrole nitrogens is 1. The summed E-state index contributed by atoms with van der Waals surface area (Å²) in [6.45, 7) is 0. The summed E-state index contributed by atoms with van der Waals surface area (Å²) in [5.74, 6) is 5.89. The summed E-state index contributed by atoms with van der Waals surface area (Å²) in [5.41, 5.74) is 2.49. The molecular weight excluding hydrogens is 198 g/mol. The van der Waals surface area contributed by atoms with Crippen LogP contribution in [0, 0.1) is 0 Å². The van der Waals surface area contributed by atoms with Gasteiger partial charge in [0, 0.05) is 23.5 Å². The lowest BCUT2D eigenvalue weighted by molar-refractivity contribution is 1.06. The van der Waals surface area contributed by atoms with Crippen LogP contribution in [0.2, 0.25) is 0 Å². The average molecular weight is 207 g/mol. The summed E-state index contributed by atoms with van der Waals surface area (Å²) in [5, 5.41) is 0.846. The van der Waals surface area contributed by atoms with E-state index in [-0.39, 0.29) is 0 Å². The van der Waals surface area contributed by atoms with Crippen LogP contribution in [-0.2, 0) is 0 Å². The molecule has 2 rings (SSSR count). The lowest BCUT2D eigenvalue weighted by atomic mass is 10.5. The van der Waals surface area contributed by atoms with Crippen LogP contribution >= 0.6 is 11.8 Å². The molecule has 0 aliphatic rings. The van der Waals surface area contributed by atoms with Crippen molar-refractivity contribution < 1.29 is 0 Å².